The quantitative estimate of drug-likeness (QED) is 0.496. The van der Waals surface area contributed by atoms with Gasteiger partial charge in [-0.15, -0.1) is 0 Å². The van der Waals surface area contributed by atoms with Crippen molar-refractivity contribution in [2.24, 2.45) is 7.05 Å². The fourth-order valence-electron chi connectivity index (χ4n) is 3.17. The Bertz CT molecular complexity index is 1340. The average molecular weight is 410 g/mol. The molecule has 0 saturated carbocycles. The number of aryl methyl sites for hydroxylation is 1. The highest BCUT2D eigenvalue weighted by atomic mass is 16.5. The van der Waals surface area contributed by atoms with Gasteiger partial charge in [-0.25, -0.2) is 0 Å². The Morgan fingerprint density at radius 2 is 1.67 bits per heavy atom. The molecule has 2 aromatic heterocycles. The fraction of sp³-hybridized carbons (Fsp3) is 0.200. The zero-order valence-corrected chi connectivity index (χ0v) is 16.7. The average Bonchev–Trinajstić information content (AvgIpc) is 3.26. The first-order valence-electron chi connectivity index (χ1n) is 8.84. The molecule has 2 heterocycles. The number of nitrogens with zero attached hydrogens (tertiary/aromatic N) is 3. The SMILES string of the molecule is COc1cc(-c2nc(-c3ccc4c(c3)[nH]c(=O)c(=O)n4C)no2)cc(OC)c1OC. The van der Waals surface area contributed by atoms with E-state index in [1.807, 2.05) is 0 Å². The van der Waals surface area contributed by atoms with E-state index < -0.39 is 11.1 Å². The van der Waals surface area contributed by atoms with Gasteiger partial charge in [-0.3, -0.25) is 9.59 Å². The lowest BCUT2D eigenvalue weighted by Gasteiger charge is -2.12. The minimum Gasteiger partial charge on any atom is -0.493 e. The van der Waals surface area contributed by atoms with Crippen molar-refractivity contribution < 1.29 is 18.7 Å². The van der Waals surface area contributed by atoms with Crippen LogP contribution in [0.25, 0.3) is 33.9 Å². The van der Waals surface area contributed by atoms with Crippen LogP contribution in [0.2, 0.25) is 0 Å². The largest absolute Gasteiger partial charge is 0.493 e. The smallest absolute Gasteiger partial charge is 0.316 e. The van der Waals surface area contributed by atoms with Crippen LogP contribution in [0.3, 0.4) is 0 Å². The van der Waals surface area contributed by atoms with Gasteiger partial charge in [-0.1, -0.05) is 5.16 Å². The molecule has 4 rings (SSSR count). The first-order valence-corrected chi connectivity index (χ1v) is 8.84. The van der Waals surface area contributed by atoms with Crippen molar-refractivity contribution in [1.29, 1.82) is 0 Å². The summed E-state index contributed by atoms with van der Waals surface area (Å²) in [5, 5.41) is 4.03. The van der Waals surface area contributed by atoms with Crippen LogP contribution in [0.5, 0.6) is 17.2 Å². The molecular formula is C20H18N4O6. The maximum atomic E-state index is 11.8. The van der Waals surface area contributed by atoms with Gasteiger partial charge < -0.3 is 28.3 Å². The summed E-state index contributed by atoms with van der Waals surface area (Å²) in [6.45, 7) is 0. The van der Waals surface area contributed by atoms with Crippen LogP contribution in [0.4, 0.5) is 0 Å². The summed E-state index contributed by atoms with van der Waals surface area (Å²) in [7, 11) is 6.09. The number of methoxy groups -OCH3 is 3. The number of aromatic amines is 1. The lowest BCUT2D eigenvalue weighted by Crippen LogP contribution is -2.34. The van der Waals surface area contributed by atoms with Crippen molar-refractivity contribution in [3.05, 3.63) is 51.0 Å². The standard InChI is InChI=1S/C20H18N4O6/c1-24-13-6-5-10(7-12(13)21-18(25)20(24)26)17-22-19(30-23-17)11-8-14(27-2)16(29-4)15(9-11)28-3/h5-9H,1-4H3,(H,21,25). The number of H-pyrrole nitrogens is 1. The number of rotatable bonds is 5. The first kappa shape index (κ1) is 19.2. The molecule has 0 aliphatic rings. The van der Waals surface area contributed by atoms with Crippen LogP contribution in [0.1, 0.15) is 0 Å². The molecule has 10 heteroatoms. The third kappa shape index (κ3) is 3.08. The van der Waals surface area contributed by atoms with Crippen molar-refractivity contribution in [2.45, 2.75) is 0 Å². The number of hydrogen-bond acceptors (Lipinski definition) is 8. The molecule has 154 valence electrons. The molecule has 0 aliphatic heterocycles. The van der Waals surface area contributed by atoms with E-state index in [2.05, 4.69) is 15.1 Å². The third-order valence-corrected chi connectivity index (χ3v) is 4.70. The van der Waals surface area contributed by atoms with Crippen LogP contribution in [-0.2, 0) is 7.05 Å². The van der Waals surface area contributed by atoms with Gasteiger partial charge in [0.25, 0.3) is 5.89 Å². The Hall–Kier alpha value is -4.08. The van der Waals surface area contributed by atoms with E-state index in [0.717, 1.165) is 0 Å². The molecule has 0 unspecified atom stereocenters. The topological polar surface area (TPSA) is 121 Å². The Balaban J connectivity index is 1.79. The van der Waals surface area contributed by atoms with E-state index in [-0.39, 0.29) is 5.89 Å². The van der Waals surface area contributed by atoms with Crippen molar-refractivity contribution in [2.75, 3.05) is 21.3 Å². The number of hydrogen-bond donors (Lipinski definition) is 1. The Kier molecular flexibility index (Phi) is 4.74. The Morgan fingerprint density at radius 1 is 0.967 bits per heavy atom. The molecule has 0 fully saturated rings. The zero-order chi connectivity index (χ0) is 21.4. The summed E-state index contributed by atoms with van der Waals surface area (Å²) in [5.74, 6) is 1.92. The van der Waals surface area contributed by atoms with Crippen LogP contribution in [0.15, 0.2) is 44.4 Å². The maximum Gasteiger partial charge on any atom is 0.316 e. The van der Waals surface area contributed by atoms with E-state index in [1.165, 1.54) is 32.9 Å². The second-order valence-electron chi connectivity index (χ2n) is 6.39. The summed E-state index contributed by atoms with van der Waals surface area (Å²) in [5.41, 5.74) is 0.933. The highest BCUT2D eigenvalue weighted by Gasteiger charge is 2.18. The van der Waals surface area contributed by atoms with Gasteiger partial charge in [0.2, 0.25) is 11.6 Å². The molecule has 0 atom stereocenters. The molecule has 0 bridgehead atoms. The van der Waals surface area contributed by atoms with Gasteiger partial charge in [-0.2, -0.15) is 4.98 Å². The highest BCUT2D eigenvalue weighted by molar-refractivity contribution is 5.80. The number of fused-ring (bicyclic) bond motifs is 1. The van der Waals surface area contributed by atoms with E-state index in [4.69, 9.17) is 18.7 Å². The monoisotopic (exact) mass is 410 g/mol. The van der Waals surface area contributed by atoms with E-state index >= 15 is 0 Å². The normalized spacial score (nSPS) is 10.9. The lowest BCUT2D eigenvalue weighted by molar-refractivity contribution is 0.324. The van der Waals surface area contributed by atoms with Gasteiger partial charge in [0.05, 0.1) is 32.4 Å². The van der Waals surface area contributed by atoms with Crippen molar-refractivity contribution >= 4 is 11.0 Å². The van der Waals surface area contributed by atoms with Crippen LogP contribution in [-0.4, -0.2) is 41.0 Å². The first-order chi connectivity index (χ1) is 14.5. The molecule has 0 saturated heterocycles. The molecule has 1 N–H and O–H groups in total. The predicted molar refractivity (Wildman–Crippen MR) is 108 cm³/mol. The van der Waals surface area contributed by atoms with Gasteiger partial charge in [-0.05, 0) is 30.3 Å². The number of benzene rings is 2. The van der Waals surface area contributed by atoms with Crippen molar-refractivity contribution in [3.8, 4) is 40.1 Å². The van der Waals surface area contributed by atoms with Gasteiger partial charge in [0.15, 0.2) is 11.5 Å². The summed E-state index contributed by atoms with van der Waals surface area (Å²) in [4.78, 5) is 30.6. The second kappa shape index (κ2) is 7.39. The molecular weight excluding hydrogens is 392 g/mol. The fourth-order valence-corrected chi connectivity index (χ4v) is 3.17. The van der Waals surface area contributed by atoms with Crippen LogP contribution >= 0.6 is 0 Å². The molecule has 30 heavy (non-hydrogen) atoms. The van der Waals surface area contributed by atoms with E-state index in [9.17, 15) is 9.59 Å². The lowest BCUT2D eigenvalue weighted by atomic mass is 10.1. The third-order valence-electron chi connectivity index (χ3n) is 4.70. The van der Waals surface area contributed by atoms with Gasteiger partial charge >= 0.3 is 11.1 Å². The molecule has 0 spiro atoms. The molecule has 4 aromatic rings. The summed E-state index contributed by atoms with van der Waals surface area (Å²) < 4.78 is 22.7. The van der Waals surface area contributed by atoms with E-state index in [1.54, 1.807) is 30.3 Å². The van der Waals surface area contributed by atoms with Crippen LogP contribution in [0, 0.1) is 0 Å². The van der Waals surface area contributed by atoms with Gasteiger partial charge in [0.1, 0.15) is 0 Å². The highest BCUT2D eigenvalue weighted by Crippen LogP contribution is 2.41. The van der Waals surface area contributed by atoms with Crippen LogP contribution < -0.4 is 25.3 Å². The molecule has 0 aliphatic carbocycles. The Morgan fingerprint density at radius 3 is 2.30 bits per heavy atom. The summed E-state index contributed by atoms with van der Waals surface area (Å²) in [6, 6.07) is 8.53. The molecule has 0 amide bonds. The number of aromatic nitrogens is 4. The number of nitrogens with one attached hydrogen (secondary N) is 1. The zero-order valence-electron chi connectivity index (χ0n) is 16.7. The minimum absolute atomic E-state index is 0.248. The molecule has 0 radical (unpaired) electrons. The Labute approximate surface area is 169 Å². The van der Waals surface area contributed by atoms with E-state index in [0.29, 0.717) is 45.2 Å². The predicted octanol–water partition coefficient (Wildman–Crippen LogP) is 1.97. The molecule has 10 nitrogen and oxygen atoms in total. The minimum atomic E-state index is -0.701. The summed E-state index contributed by atoms with van der Waals surface area (Å²) in [6.07, 6.45) is 0. The van der Waals surface area contributed by atoms with Crippen molar-refractivity contribution in [1.82, 2.24) is 19.7 Å². The maximum absolute atomic E-state index is 11.8. The summed E-state index contributed by atoms with van der Waals surface area (Å²) >= 11 is 0. The second-order valence-corrected chi connectivity index (χ2v) is 6.39. The van der Waals surface area contributed by atoms with Crippen molar-refractivity contribution in [3.63, 3.8) is 0 Å². The molecule has 2 aromatic carbocycles. The van der Waals surface area contributed by atoms with Gasteiger partial charge in [0, 0.05) is 18.2 Å². The number of ether oxygens (including phenoxy) is 3.